The SMILES string of the molecule is C#CC(CC)N1CC(C)(CC)NCC1CC. The maximum absolute atomic E-state index is 5.65. The summed E-state index contributed by atoms with van der Waals surface area (Å²) in [5.74, 6) is 2.95. The van der Waals surface area contributed by atoms with Crippen molar-refractivity contribution < 1.29 is 0 Å². The van der Waals surface area contributed by atoms with Crippen LogP contribution in [0.3, 0.4) is 0 Å². The zero-order valence-corrected chi connectivity index (χ0v) is 11.2. The van der Waals surface area contributed by atoms with Crippen molar-refractivity contribution in [3.05, 3.63) is 0 Å². The molecule has 1 N–H and O–H groups in total. The maximum Gasteiger partial charge on any atom is 0.0712 e. The molecule has 3 atom stereocenters. The molecular formula is C14H26N2. The topological polar surface area (TPSA) is 15.3 Å². The Labute approximate surface area is 101 Å². The summed E-state index contributed by atoms with van der Waals surface area (Å²) in [7, 11) is 0. The average Bonchev–Trinajstić information content (AvgIpc) is 2.31. The monoisotopic (exact) mass is 222 g/mol. The molecule has 0 bridgehead atoms. The molecule has 1 aliphatic rings. The number of terminal acetylenes is 1. The van der Waals surface area contributed by atoms with Crippen molar-refractivity contribution in [1.82, 2.24) is 10.2 Å². The quantitative estimate of drug-likeness (QED) is 0.734. The summed E-state index contributed by atoms with van der Waals surface area (Å²) >= 11 is 0. The van der Waals surface area contributed by atoms with Crippen LogP contribution in [0, 0.1) is 12.3 Å². The highest BCUT2D eigenvalue weighted by Gasteiger charge is 2.36. The van der Waals surface area contributed by atoms with Crippen molar-refractivity contribution >= 4 is 0 Å². The summed E-state index contributed by atoms with van der Waals surface area (Å²) in [5, 5.41) is 3.67. The number of hydrogen-bond donors (Lipinski definition) is 1. The minimum absolute atomic E-state index is 0.232. The van der Waals surface area contributed by atoms with Gasteiger partial charge in [-0.2, -0.15) is 0 Å². The molecule has 16 heavy (non-hydrogen) atoms. The first-order valence-corrected chi connectivity index (χ1v) is 6.57. The van der Waals surface area contributed by atoms with E-state index < -0.39 is 0 Å². The summed E-state index contributed by atoms with van der Waals surface area (Å²) in [5.41, 5.74) is 0.232. The van der Waals surface area contributed by atoms with Gasteiger partial charge >= 0.3 is 0 Å². The number of hydrogen-bond acceptors (Lipinski definition) is 2. The Balaban J connectivity index is 2.79. The molecule has 0 spiro atoms. The molecule has 1 aliphatic heterocycles. The maximum atomic E-state index is 5.65. The van der Waals surface area contributed by atoms with Crippen molar-refractivity contribution in [3.8, 4) is 12.3 Å². The van der Waals surface area contributed by atoms with Gasteiger partial charge in [-0.05, 0) is 26.2 Å². The van der Waals surface area contributed by atoms with Crippen LogP contribution in [0.15, 0.2) is 0 Å². The summed E-state index contributed by atoms with van der Waals surface area (Å²) in [4.78, 5) is 2.53. The highest BCUT2D eigenvalue weighted by molar-refractivity contribution is 5.05. The van der Waals surface area contributed by atoms with Gasteiger partial charge in [-0.25, -0.2) is 0 Å². The minimum atomic E-state index is 0.232. The van der Waals surface area contributed by atoms with E-state index in [0.29, 0.717) is 12.1 Å². The lowest BCUT2D eigenvalue weighted by atomic mass is 9.91. The van der Waals surface area contributed by atoms with E-state index in [1.54, 1.807) is 0 Å². The normalized spacial score (nSPS) is 33.3. The predicted molar refractivity (Wildman–Crippen MR) is 70.4 cm³/mol. The third-order valence-electron chi connectivity index (χ3n) is 4.00. The largest absolute Gasteiger partial charge is 0.309 e. The molecule has 0 aromatic heterocycles. The van der Waals surface area contributed by atoms with E-state index in [2.05, 4.69) is 43.8 Å². The molecule has 0 aliphatic carbocycles. The Kier molecular flexibility index (Phi) is 4.83. The molecule has 1 fully saturated rings. The lowest BCUT2D eigenvalue weighted by molar-refractivity contribution is 0.0612. The van der Waals surface area contributed by atoms with E-state index in [4.69, 9.17) is 6.42 Å². The molecule has 0 amide bonds. The van der Waals surface area contributed by atoms with Gasteiger partial charge in [0.2, 0.25) is 0 Å². The second-order valence-corrected chi connectivity index (χ2v) is 5.12. The smallest absolute Gasteiger partial charge is 0.0712 e. The van der Waals surface area contributed by atoms with Crippen LogP contribution in [0.5, 0.6) is 0 Å². The van der Waals surface area contributed by atoms with Crippen LogP contribution in [0.2, 0.25) is 0 Å². The Bertz CT molecular complexity index is 256. The fourth-order valence-corrected chi connectivity index (χ4v) is 2.50. The summed E-state index contributed by atoms with van der Waals surface area (Å²) < 4.78 is 0. The summed E-state index contributed by atoms with van der Waals surface area (Å²) in [6.07, 6.45) is 9.02. The van der Waals surface area contributed by atoms with Gasteiger partial charge in [0.1, 0.15) is 0 Å². The number of piperazine rings is 1. The lowest BCUT2D eigenvalue weighted by Gasteiger charge is -2.47. The molecular weight excluding hydrogens is 196 g/mol. The Hall–Kier alpha value is -0.520. The van der Waals surface area contributed by atoms with Crippen molar-refractivity contribution in [3.63, 3.8) is 0 Å². The highest BCUT2D eigenvalue weighted by atomic mass is 15.3. The number of nitrogens with zero attached hydrogens (tertiary/aromatic N) is 1. The Morgan fingerprint density at radius 3 is 2.62 bits per heavy atom. The average molecular weight is 222 g/mol. The third-order valence-corrected chi connectivity index (χ3v) is 4.00. The van der Waals surface area contributed by atoms with Gasteiger partial charge in [-0.3, -0.25) is 4.90 Å². The zero-order valence-electron chi connectivity index (χ0n) is 11.2. The Morgan fingerprint density at radius 1 is 1.50 bits per heavy atom. The fourth-order valence-electron chi connectivity index (χ4n) is 2.50. The van der Waals surface area contributed by atoms with E-state index in [9.17, 15) is 0 Å². The zero-order chi connectivity index (χ0) is 12.2. The van der Waals surface area contributed by atoms with Crippen molar-refractivity contribution in [2.45, 2.75) is 64.6 Å². The molecule has 1 rings (SSSR count). The highest BCUT2D eigenvalue weighted by Crippen LogP contribution is 2.23. The minimum Gasteiger partial charge on any atom is -0.309 e. The van der Waals surface area contributed by atoms with Gasteiger partial charge in [-0.1, -0.05) is 26.7 Å². The number of rotatable bonds is 4. The van der Waals surface area contributed by atoms with Crippen molar-refractivity contribution in [1.29, 1.82) is 0 Å². The molecule has 0 saturated carbocycles. The van der Waals surface area contributed by atoms with Crippen LogP contribution in [0.1, 0.15) is 47.0 Å². The van der Waals surface area contributed by atoms with E-state index in [-0.39, 0.29) is 5.54 Å². The molecule has 0 aromatic carbocycles. The molecule has 2 nitrogen and oxygen atoms in total. The fraction of sp³-hybridized carbons (Fsp3) is 0.857. The van der Waals surface area contributed by atoms with Gasteiger partial charge < -0.3 is 5.32 Å². The first kappa shape index (κ1) is 13.5. The van der Waals surface area contributed by atoms with Gasteiger partial charge in [0, 0.05) is 24.7 Å². The second-order valence-electron chi connectivity index (χ2n) is 5.12. The molecule has 1 saturated heterocycles. The molecule has 1 heterocycles. The van der Waals surface area contributed by atoms with Gasteiger partial charge in [0.15, 0.2) is 0 Å². The van der Waals surface area contributed by atoms with Gasteiger partial charge in [0.05, 0.1) is 6.04 Å². The predicted octanol–water partition coefficient (Wildman–Crippen LogP) is 2.25. The standard InChI is InChI=1S/C14H26N2/c1-6-12(7-2)16-11-14(5,9-4)15-10-13(16)8-3/h1,12-13,15H,7-11H2,2-5H3. The van der Waals surface area contributed by atoms with Crippen LogP contribution in [-0.2, 0) is 0 Å². The third kappa shape index (κ3) is 2.78. The molecule has 3 unspecified atom stereocenters. The first-order valence-electron chi connectivity index (χ1n) is 6.57. The van der Waals surface area contributed by atoms with Crippen LogP contribution in [0.4, 0.5) is 0 Å². The van der Waals surface area contributed by atoms with Crippen LogP contribution < -0.4 is 5.32 Å². The van der Waals surface area contributed by atoms with Crippen LogP contribution >= 0.6 is 0 Å². The van der Waals surface area contributed by atoms with E-state index in [1.165, 1.54) is 6.42 Å². The molecule has 0 radical (unpaired) electrons. The molecule has 92 valence electrons. The molecule has 0 aromatic rings. The van der Waals surface area contributed by atoms with Gasteiger partial charge in [0.25, 0.3) is 0 Å². The molecule has 2 heteroatoms. The van der Waals surface area contributed by atoms with Crippen LogP contribution in [-0.4, -0.2) is 35.6 Å². The van der Waals surface area contributed by atoms with E-state index in [1.807, 2.05) is 0 Å². The second kappa shape index (κ2) is 5.70. The lowest BCUT2D eigenvalue weighted by Crippen LogP contribution is -2.64. The van der Waals surface area contributed by atoms with Crippen LogP contribution in [0.25, 0.3) is 0 Å². The summed E-state index contributed by atoms with van der Waals surface area (Å²) in [6, 6.07) is 0.901. The summed E-state index contributed by atoms with van der Waals surface area (Å²) in [6.45, 7) is 11.1. The van der Waals surface area contributed by atoms with Gasteiger partial charge in [-0.15, -0.1) is 6.42 Å². The Morgan fingerprint density at radius 2 is 2.19 bits per heavy atom. The van der Waals surface area contributed by atoms with Crippen molar-refractivity contribution in [2.75, 3.05) is 13.1 Å². The van der Waals surface area contributed by atoms with E-state index in [0.717, 1.165) is 25.9 Å². The first-order chi connectivity index (χ1) is 7.60. The number of nitrogens with one attached hydrogen (secondary N) is 1. The van der Waals surface area contributed by atoms with Crippen molar-refractivity contribution in [2.24, 2.45) is 0 Å². The van der Waals surface area contributed by atoms with E-state index >= 15 is 0 Å².